The summed E-state index contributed by atoms with van der Waals surface area (Å²) < 4.78 is 16.8. The van der Waals surface area contributed by atoms with E-state index in [1.54, 1.807) is 6.07 Å². The van der Waals surface area contributed by atoms with Gasteiger partial charge in [0.25, 0.3) is 5.91 Å². The highest BCUT2D eigenvalue weighted by atomic mass is 16.6. The average molecular weight is 395 g/mol. The molecular formula is C23H25NO5. The molecule has 0 spiro atoms. The maximum atomic E-state index is 12.7. The summed E-state index contributed by atoms with van der Waals surface area (Å²) in [5, 5.41) is 3.56. The Morgan fingerprint density at radius 2 is 1.69 bits per heavy atom. The number of para-hydroxylation sites is 1. The molecule has 0 aliphatic rings. The van der Waals surface area contributed by atoms with Crippen LogP contribution in [0.1, 0.15) is 42.5 Å². The van der Waals surface area contributed by atoms with E-state index in [2.05, 4.69) is 5.32 Å². The summed E-state index contributed by atoms with van der Waals surface area (Å²) in [7, 11) is 0. The van der Waals surface area contributed by atoms with Crippen molar-refractivity contribution in [2.24, 2.45) is 0 Å². The van der Waals surface area contributed by atoms with Gasteiger partial charge in [0.2, 0.25) is 5.76 Å². The van der Waals surface area contributed by atoms with Gasteiger partial charge < -0.3 is 19.2 Å². The van der Waals surface area contributed by atoms with Crippen molar-refractivity contribution in [3.8, 4) is 0 Å². The fraction of sp³-hybridized carbons (Fsp3) is 0.304. The minimum Gasteiger partial charge on any atom is -0.449 e. The smallest absolute Gasteiger partial charge is 0.375 e. The Morgan fingerprint density at radius 3 is 2.41 bits per heavy atom. The highest BCUT2D eigenvalue weighted by Gasteiger charge is 2.26. The number of benzene rings is 2. The zero-order chi connectivity index (χ0) is 20.8. The normalized spacial score (nSPS) is 12.1. The van der Waals surface area contributed by atoms with E-state index in [1.165, 1.54) is 6.92 Å². The van der Waals surface area contributed by atoms with Gasteiger partial charge >= 0.3 is 5.97 Å². The molecule has 6 heteroatoms. The minimum atomic E-state index is -0.960. The first-order chi connectivity index (χ1) is 14.0. The molecule has 0 aliphatic carbocycles. The van der Waals surface area contributed by atoms with Crippen molar-refractivity contribution >= 4 is 22.8 Å². The number of hydrogen-bond acceptors (Lipinski definition) is 5. The average Bonchev–Trinajstić information content (AvgIpc) is 3.10. The molecule has 29 heavy (non-hydrogen) atoms. The zero-order valence-corrected chi connectivity index (χ0v) is 16.8. The van der Waals surface area contributed by atoms with Gasteiger partial charge in [-0.05, 0) is 32.4 Å². The maximum absolute atomic E-state index is 12.7. The van der Waals surface area contributed by atoms with Gasteiger partial charge in [-0.3, -0.25) is 4.79 Å². The molecule has 0 radical (unpaired) electrons. The van der Waals surface area contributed by atoms with Crippen molar-refractivity contribution in [1.29, 1.82) is 0 Å². The van der Waals surface area contributed by atoms with Crippen LogP contribution in [0.15, 0.2) is 59.0 Å². The number of fused-ring (bicyclic) bond motifs is 1. The lowest BCUT2D eigenvalue weighted by atomic mass is 10.1. The van der Waals surface area contributed by atoms with Crippen molar-refractivity contribution < 1.29 is 23.5 Å². The Hall–Kier alpha value is -3.12. The molecule has 1 N–H and O–H groups in total. The van der Waals surface area contributed by atoms with E-state index in [9.17, 15) is 9.59 Å². The largest absolute Gasteiger partial charge is 0.449 e. The van der Waals surface area contributed by atoms with Crippen molar-refractivity contribution in [2.45, 2.75) is 46.1 Å². The van der Waals surface area contributed by atoms with Crippen molar-refractivity contribution in [3.63, 3.8) is 0 Å². The predicted octanol–water partition coefficient (Wildman–Crippen LogP) is 4.22. The van der Waals surface area contributed by atoms with Crippen LogP contribution < -0.4 is 5.32 Å². The molecular weight excluding hydrogens is 370 g/mol. The minimum absolute atomic E-state index is 0.00443. The first-order valence-electron chi connectivity index (χ1n) is 9.60. The van der Waals surface area contributed by atoms with Gasteiger partial charge in [-0.15, -0.1) is 0 Å². The van der Waals surface area contributed by atoms with Crippen LogP contribution in [0.3, 0.4) is 0 Å². The molecule has 0 bridgehead atoms. The molecule has 1 unspecified atom stereocenters. The van der Waals surface area contributed by atoms with Crippen molar-refractivity contribution in [2.75, 3.05) is 0 Å². The summed E-state index contributed by atoms with van der Waals surface area (Å²) in [6.07, 6.45) is -0.964. The van der Waals surface area contributed by atoms with E-state index in [4.69, 9.17) is 13.9 Å². The highest BCUT2D eigenvalue weighted by molar-refractivity contribution is 5.97. The van der Waals surface area contributed by atoms with Crippen LogP contribution >= 0.6 is 0 Å². The quantitative estimate of drug-likeness (QED) is 0.578. The Labute approximate surface area is 169 Å². The molecule has 3 rings (SSSR count). The molecule has 0 aliphatic heterocycles. The first kappa shape index (κ1) is 20.6. The molecule has 1 amide bonds. The van der Waals surface area contributed by atoms with E-state index in [1.807, 2.05) is 62.4 Å². The maximum Gasteiger partial charge on any atom is 0.375 e. The fourth-order valence-electron chi connectivity index (χ4n) is 2.85. The lowest BCUT2D eigenvalue weighted by Crippen LogP contribution is -2.35. The van der Waals surface area contributed by atoms with Crippen LogP contribution in [0.2, 0.25) is 0 Å². The monoisotopic (exact) mass is 395 g/mol. The van der Waals surface area contributed by atoms with E-state index in [-0.39, 0.29) is 24.4 Å². The third-order valence-corrected chi connectivity index (χ3v) is 4.41. The number of carbonyl (C=O) groups is 2. The predicted molar refractivity (Wildman–Crippen MR) is 109 cm³/mol. The SMILES string of the molecule is CC(C)OCc1c(C(=O)OC(C)C(=O)NCc2ccccc2)oc2ccccc12. The van der Waals surface area contributed by atoms with Crippen LogP contribution in [-0.4, -0.2) is 24.1 Å². The number of carbonyl (C=O) groups excluding carboxylic acids is 2. The van der Waals surface area contributed by atoms with Gasteiger partial charge in [-0.25, -0.2) is 4.79 Å². The van der Waals surface area contributed by atoms with Crippen LogP contribution in [0.4, 0.5) is 0 Å². The van der Waals surface area contributed by atoms with E-state index in [0.29, 0.717) is 17.7 Å². The lowest BCUT2D eigenvalue weighted by Gasteiger charge is -2.13. The molecule has 152 valence electrons. The second kappa shape index (κ2) is 9.39. The second-order valence-corrected chi connectivity index (χ2v) is 7.02. The number of rotatable bonds is 8. The molecule has 2 aromatic carbocycles. The number of ether oxygens (including phenoxy) is 2. The van der Waals surface area contributed by atoms with E-state index < -0.39 is 12.1 Å². The molecule has 1 atom stereocenters. The van der Waals surface area contributed by atoms with E-state index >= 15 is 0 Å². The van der Waals surface area contributed by atoms with Crippen LogP contribution in [-0.2, 0) is 27.4 Å². The summed E-state index contributed by atoms with van der Waals surface area (Å²) in [5.41, 5.74) is 2.16. The highest BCUT2D eigenvalue weighted by Crippen LogP contribution is 2.27. The van der Waals surface area contributed by atoms with Crippen LogP contribution in [0.5, 0.6) is 0 Å². The summed E-state index contributed by atoms with van der Waals surface area (Å²) in [6, 6.07) is 16.9. The van der Waals surface area contributed by atoms with Gasteiger partial charge in [0.1, 0.15) is 5.58 Å². The third-order valence-electron chi connectivity index (χ3n) is 4.41. The Kier molecular flexibility index (Phi) is 6.67. The standard InChI is InChI=1S/C23H25NO5/c1-15(2)27-14-19-18-11-7-8-12-20(18)29-21(19)23(26)28-16(3)22(25)24-13-17-9-5-4-6-10-17/h4-12,15-16H,13-14H2,1-3H3,(H,24,25). The van der Waals surface area contributed by atoms with Gasteiger partial charge in [-0.2, -0.15) is 0 Å². The van der Waals surface area contributed by atoms with E-state index in [0.717, 1.165) is 10.9 Å². The molecule has 3 aromatic rings. The molecule has 1 aromatic heterocycles. The summed E-state index contributed by atoms with van der Waals surface area (Å²) in [5.74, 6) is -1.00. The van der Waals surface area contributed by atoms with Gasteiger partial charge in [0.15, 0.2) is 6.10 Å². The van der Waals surface area contributed by atoms with Crippen LogP contribution in [0, 0.1) is 0 Å². The Bertz CT molecular complexity index is 977. The summed E-state index contributed by atoms with van der Waals surface area (Å²) in [6.45, 7) is 5.94. The zero-order valence-electron chi connectivity index (χ0n) is 16.8. The second-order valence-electron chi connectivity index (χ2n) is 7.02. The fourth-order valence-corrected chi connectivity index (χ4v) is 2.85. The van der Waals surface area contributed by atoms with Crippen LogP contribution in [0.25, 0.3) is 11.0 Å². The molecule has 1 heterocycles. The van der Waals surface area contributed by atoms with Gasteiger partial charge in [0.05, 0.1) is 12.7 Å². The molecule has 6 nitrogen and oxygen atoms in total. The van der Waals surface area contributed by atoms with Crippen molar-refractivity contribution in [1.82, 2.24) is 5.32 Å². The number of hydrogen-bond donors (Lipinski definition) is 1. The topological polar surface area (TPSA) is 77.8 Å². The number of nitrogens with one attached hydrogen (secondary N) is 1. The van der Waals surface area contributed by atoms with Gasteiger partial charge in [0, 0.05) is 17.5 Å². The molecule has 0 saturated carbocycles. The third kappa shape index (κ3) is 5.23. The number of furan rings is 1. The summed E-state index contributed by atoms with van der Waals surface area (Å²) in [4.78, 5) is 25.0. The Balaban J connectivity index is 1.69. The van der Waals surface area contributed by atoms with Crippen molar-refractivity contribution in [3.05, 3.63) is 71.5 Å². The molecule has 0 saturated heterocycles. The van der Waals surface area contributed by atoms with Gasteiger partial charge in [-0.1, -0.05) is 48.5 Å². The Morgan fingerprint density at radius 1 is 1.00 bits per heavy atom. The number of esters is 1. The molecule has 0 fully saturated rings. The lowest BCUT2D eigenvalue weighted by molar-refractivity contribution is -0.129. The summed E-state index contributed by atoms with van der Waals surface area (Å²) >= 11 is 0. The number of amides is 1. The first-order valence-corrected chi connectivity index (χ1v) is 9.60.